The van der Waals surface area contributed by atoms with Crippen molar-refractivity contribution >= 4 is 33.2 Å². The third kappa shape index (κ3) is 3.61. The molecule has 0 saturated heterocycles. The van der Waals surface area contributed by atoms with Crippen molar-refractivity contribution in [2.24, 2.45) is 0 Å². The molecular formula is C16H14BrN3O. The van der Waals surface area contributed by atoms with E-state index in [9.17, 15) is 4.79 Å². The predicted molar refractivity (Wildman–Crippen MR) is 86.9 cm³/mol. The molecule has 1 amide bonds. The molecule has 2 N–H and O–H groups in total. The lowest BCUT2D eigenvalue weighted by Crippen LogP contribution is -2.31. The molecule has 0 bridgehead atoms. The van der Waals surface area contributed by atoms with Gasteiger partial charge in [-0.3, -0.25) is 4.79 Å². The van der Waals surface area contributed by atoms with Crippen LogP contribution in [-0.4, -0.2) is 12.5 Å². The van der Waals surface area contributed by atoms with Gasteiger partial charge in [-0.1, -0.05) is 18.2 Å². The number of nitrogens with zero attached hydrogens (tertiary/aromatic N) is 2. The molecule has 2 aromatic rings. The fraction of sp³-hybridized carbons (Fsp3) is 0.125. The van der Waals surface area contributed by atoms with Crippen LogP contribution in [0.5, 0.6) is 0 Å². The van der Waals surface area contributed by atoms with Crippen LogP contribution in [0.25, 0.3) is 0 Å². The van der Waals surface area contributed by atoms with Crippen LogP contribution < -0.4 is 10.6 Å². The van der Waals surface area contributed by atoms with Crippen molar-refractivity contribution in [2.75, 3.05) is 17.2 Å². The standard InChI is InChI=1S/C16H14BrN3O/c17-14-8-7-12(11-15(14)19)16(21)20(10-4-9-18)13-5-2-1-3-6-13/h1-3,5-8,11H,4,10,19H2. The van der Waals surface area contributed by atoms with Crippen molar-refractivity contribution in [1.82, 2.24) is 0 Å². The van der Waals surface area contributed by atoms with Crippen LogP contribution in [0.3, 0.4) is 0 Å². The molecule has 0 aliphatic heterocycles. The average molecular weight is 344 g/mol. The van der Waals surface area contributed by atoms with Crippen molar-refractivity contribution in [2.45, 2.75) is 6.42 Å². The lowest BCUT2D eigenvalue weighted by Gasteiger charge is -2.22. The summed E-state index contributed by atoms with van der Waals surface area (Å²) in [6, 6.07) is 16.5. The summed E-state index contributed by atoms with van der Waals surface area (Å²) in [7, 11) is 0. The molecule has 5 heteroatoms. The van der Waals surface area contributed by atoms with E-state index < -0.39 is 0 Å². The highest BCUT2D eigenvalue weighted by atomic mass is 79.9. The van der Waals surface area contributed by atoms with Gasteiger partial charge < -0.3 is 10.6 Å². The van der Waals surface area contributed by atoms with E-state index in [-0.39, 0.29) is 12.3 Å². The minimum Gasteiger partial charge on any atom is -0.398 e. The second-order valence-corrected chi connectivity index (χ2v) is 5.29. The zero-order valence-corrected chi connectivity index (χ0v) is 12.9. The predicted octanol–water partition coefficient (Wildman–Crippen LogP) is 3.59. The Morgan fingerprint density at radius 1 is 1.24 bits per heavy atom. The Morgan fingerprint density at radius 3 is 2.57 bits per heavy atom. The Balaban J connectivity index is 2.34. The van der Waals surface area contributed by atoms with Gasteiger partial charge in [0.25, 0.3) is 5.91 Å². The zero-order chi connectivity index (χ0) is 15.2. The minimum absolute atomic E-state index is 0.171. The maximum absolute atomic E-state index is 12.7. The number of para-hydroxylation sites is 1. The van der Waals surface area contributed by atoms with E-state index in [1.165, 1.54) is 0 Å². The number of hydrogen-bond acceptors (Lipinski definition) is 3. The Labute approximate surface area is 131 Å². The minimum atomic E-state index is -0.171. The smallest absolute Gasteiger partial charge is 0.258 e. The van der Waals surface area contributed by atoms with Crippen LogP contribution >= 0.6 is 15.9 Å². The molecule has 0 spiro atoms. The van der Waals surface area contributed by atoms with Crippen LogP contribution in [0.15, 0.2) is 53.0 Å². The number of carbonyl (C=O) groups excluding carboxylic acids is 1. The largest absolute Gasteiger partial charge is 0.398 e. The number of carbonyl (C=O) groups is 1. The number of rotatable bonds is 4. The molecule has 2 aromatic carbocycles. The van der Waals surface area contributed by atoms with Crippen molar-refractivity contribution in [3.63, 3.8) is 0 Å². The number of nitrogens with two attached hydrogens (primary N) is 1. The van der Waals surface area contributed by atoms with Gasteiger partial charge >= 0.3 is 0 Å². The summed E-state index contributed by atoms with van der Waals surface area (Å²) in [5.41, 5.74) is 7.60. The first-order valence-corrected chi connectivity index (χ1v) is 7.21. The van der Waals surface area contributed by atoms with Crippen molar-refractivity contribution < 1.29 is 4.79 Å². The maximum atomic E-state index is 12.7. The lowest BCUT2D eigenvalue weighted by molar-refractivity contribution is 0.0987. The van der Waals surface area contributed by atoms with Crippen molar-refractivity contribution in [1.29, 1.82) is 5.26 Å². The molecule has 0 atom stereocenters. The molecule has 0 saturated carbocycles. The summed E-state index contributed by atoms with van der Waals surface area (Å²) in [6.45, 7) is 0.343. The van der Waals surface area contributed by atoms with Crippen molar-refractivity contribution in [3.05, 3.63) is 58.6 Å². The monoisotopic (exact) mass is 343 g/mol. The molecule has 0 radical (unpaired) electrons. The van der Waals surface area contributed by atoms with E-state index in [0.717, 1.165) is 10.2 Å². The molecule has 4 nitrogen and oxygen atoms in total. The summed E-state index contributed by atoms with van der Waals surface area (Å²) >= 11 is 3.31. The molecule has 106 valence electrons. The normalized spacial score (nSPS) is 9.90. The highest BCUT2D eigenvalue weighted by Gasteiger charge is 2.17. The first-order valence-electron chi connectivity index (χ1n) is 6.42. The van der Waals surface area contributed by atoms with Crippen LogP contribution in [-0.2, 0) is 0 Å². The first-order chi connectivity index (χ1) is 10.1. The Bertz CT molecular complexity index is 680. The zero-order valence-electron chi connectivity index (χ0n) is 11.3. The van der Waals surface area contributed by atoms with Crippen LogP contribution in [0.2, 0.25) is 0 Å². The van der Waals surface area contributed by atoms with Crippen LogP contribution in [0.4, 0.5) is 11.4 Å². The number of amides is 1. The van der Waals surface area contributed by atoms with E-state index in [1.807, 2.05) is 30.3 Å². The molecule has 0 fully saturated rings. The fourth-order valence-corrected chi connectivity index (χ4v) is 2.20. The number of benzene rings is 2. The third-order valence-electron chi connectivity index (χ3n) is 3.00. The number of nitriles is 1. The van der Waals surface area contributed by atoms with Gasteiger partial charge in [-0.25, -0.2) is 0 Å². The van der Waals surface area contributed by atoms with E-state index in [0.29, 0.717) is 17.8 Å². The Morgan fingerprint density at radius 2 is 1.95 bits per heavy atom. The van der Waals surface area contributed by atoms with E-state index in [1.54, 1.807) is 23.1 Å². The second kappa shape index (κ2) is 6.91. The molecular weight excluding hydrogens is 330 g/mol. The van der Waals surface area contributed by atoms with Gasteiger partial charge in [0.1, 0.15) is 0 Å². The summed E-state index contributed by atoms with van der Waals surface area (Å²) in [5, 5.41) is 8.78. The number of halogens is 1. The van der Waals surface area contributed by atoms with Gasteiger partial charge in [0.15, 0.2) is 0 Å². The number of nitrogen functional groups attached to an aromatic ring is 1. The quantitative estimate of drug-likeness (QED) is 0.862. The topological polar surface area (TPSA) is 70.1 Å². The Kier molecular flexibility index (Phi) is 4.96. The average Bonchev–Trinajstić information content (AvgIpc) is 2.51. The molecule has 0 aliphatic rings. The summed E-state index contributed by atoms with van der Waals surface area (Å²) < 4.78 is 0.752. The molecule has 0 heterocycles. The molecule has 0 aliphatic carbocycles. The maximum Gasteiger partial charge on any atom is 0.258 e. The lowest BCUT2D eigenvalue weighted by atomic mass is 10.1. The summed E-state index contributed by atoms with van der Waals surface area (Å²) in [6.07, 6.45) is 0.270. The SMILES string of the molecule is N#CCCN(C(=O)c1ccc(Br)c(N)c1)c1ccccc1. The molecule has 21 heavy (non-hydrogen) atoms. The van der Waals surface area contributed by atoms with Gasteiger partial charge in [0.2, 0.25) is 0 Å². The second-order valence-electron chi connectivity index (χ2n) is 4.44. The number of anilines is 2. The number of hydrogen-bond donors (Lipinski definition) is 1. The Hall–Kier alpha value is -2.32. The fourth-order valence-electron chi connectivity index (χ4n) is 1.95. The van der Waals surface area contributed by atoms with Gasteiger partial charge in [-0.15, -0.1) is 0 Å². The van der Waals surface area contributed by atoms with Gasteiger partial charge in [-0.2, -0.15) is 5.26 Å². The highest BCUT2D eigenvalue weighted by molar-refractivity contribution is 9.10. The van der Waals surface area contributed by atoms with Gasteiger partial charge in [-0.05, 0) is 46.3 Å². The summed E-state index contributed by atoms with van der Waals surface area (Å²) in [5.74, 6) is -0.171. The van der Waals surface area contributed by atoms with Crippen LogP contribution in [0.1, 0.15) is 16.8 Å². The third-order valence-corrected chi connectivity index (χ3v) is 3.73. The molecule has 0 unspecified atom stereocenters. The summed E-state index contributed by atoms with van der Waals surface area (Å²) in [4.78, 5) is 14.2. The van der Waals surface area contributed by atoms with E-state index >= 15 is 0 Å². The molecule has 2 rings (SSSR count). The van der Waals surface area contributed by atoms with Gasteiger partial charge in [0, 0.05) is 28.0 Å². The highest BCUT2D eigenvalue weighted by Crippen LogP contribution is 2.23. The molecule has 0 aromatic heterocycles. The van der Waals surface area contributed by atoms with E-state index in [2.05, 4.69) is 22.0 Å². The van der Waals surface area contributed by atoms with Gasteiger partial charge in [0.05, 0.1) is 12.5 Å². The first kappa shape index (κ1) is 15.1. The van der Waals surface area contributed by atoms with E-state index in [4.69, 9.17) is 11.0 Å². The van der Waals surface area contributed by atoms with Crippen molar-refractivity contribution in [3.8, 4) is 6.07 Å². The van der Waals surface area contributed by atoms with Crippen LogP contribution in [0, 0.1) is 11.3 Å².